The topological polar surface area (TPSA) is 33.7 Å². The van der Waals surface area contributed by atoms with Crippen LogP contribution in [0.4, 0.5) is 0 Å². The van der Waals surface area contributed by atoms with Crippen molar-refractivity contribution in [2.24, 2.45) is 5.41 Å². The zero-order valence-electron chi connectivity index (χ0n) is 12.8. The molecule has 2 fully saturated rings. The van der Waals surface area contributed by atoms with E-state index >= 15 is 0 Å². The molecule has 2 saturated heterocycles. The van der Waals surface area contributed by atoms with Crippen molar-refractivity contribution in [1.29, 1.82) is 0 Å². The van der Waals surface area contributed by atoms with E-state index in [2.05, 4.69) is 31.1 Å². The van der Waals surface area contributed by atoms with Gasteiger partial charge in [-0.15, -0.1) is 0 Å². The number of likely N-dealkylation sites (N-methyl/N-ethyl adjacent to an activating group) is 1. The predicted octanol–water partition coefficient (Wildman–Crippen LogP) is 1.50. The van der Waals surface area contributed by atoms with Crippen molar-refractivity contribution in [3.05, 3.63) is 0 Å². The van der Waals surface area contributed by atoms with Gasteiger partial charge in [-0.05, 0) is 39.8 Å². The Labute approximate surface area is 117 Å². The molecule has 0 bridgehead atoms. The summed E-state index contributed by atoms with van der Waals surface area (Å²) in [5.74, 6) is 0. The van der Waals surface area contributed by atoms with Crippen LogP contribution in [-0.2, 0) is 9.47 Å². The van der Waals surface area contributed by atoms with Crippen molar-refractivity contribution in [2.75, 3.05) is 46.5 Å². The summed E-state index contributed by atoms with van der Waals surface area (Å²) in [6.07, 6.45) is 3.99. The molecule has 0 saturated carbocycles. The van der Waals surface area contributed by atoms with Gasteiger partial charge in [0.1, 0.15) is 0 Å². The second-order valence-corrected chi connectivity index (χ2v) is 6.28. The van der Waals surface area contributed by atoms with Gasteiger partial charge < -0.3 is 19.7 Å². The highest BCUT2D eigenvalue weighted by Crippen LogP contribution is 2.31. The zero-order valence-corrected chi connectivity index (χ0v) is 12.8. The fourth-order valence-electron chi connectivity index (χ4n) is 3.57. The van der Waals surface area contributed by atoms with Crippen LogP contribution in [0, 0.1) is 5.41 Å². The molecular weight excluding hydrogens is 240 g/mol. The van der Waals surface area contributed by atoms with E-state index in [0.29, 0.717) is 12.1 Å². The standard InChI is InChI=1S/C15H30N2O2/c1-4-16-10-15(7-5-8-18-12-15)11-17(3)14-6-9-19-13(14)2/h13-14,16H,4-12H2,1-3H3. The maximum Gasteiger partial charge on any atom is 0.0702 e. The molecule has 0 radical (unpaired) electrons. The Morgan fingerprint density at radius 1 is 1.37 bits per heavy atom. The van der Waals surface area contributed by atoms with E-state index in [9.17, 15) is 0 Å². The summed E-state index contributed by atoms with van der Waals surface area (Å²) in [6, 6.07) is 0.570. The van der Waals surface area contributed by atoms with Gasteiger partial charge in [-0.1, -0.05) is 6.92 Å². The minimum atomic E-state index is 0.283. The average molecular weight is 270 g/mol. The molecule has 19 heavy (non-hydrogen) atoms. The van der Waals surface area contributed by atoms with Crippen LogP contribution >= 0.6 is 0 Å². The van der Waals surface area contributed by atoms with E-state index < -0.39 is 0 Å². The van der Waals surface area contributed by atoms with E-state index in [1.165, 1.54) is 12.8 Å². The first-order valence-corrected chi connectivity index (χ1v) is 7.77. The molecule has 0 aromatic rings. The van der Waals surface area contributed by atoms with Crippen molar-refractivity contribution in [1.82, 2.24) is 10.2 Å². The minimum absolute atomic E-state index is 0.283. The minimum Gasteiger partial charge on any atom is -0.381 e. The Kier molecular flexibility index (Phi) is 5.63. The summed E-state index contributed by atoms with van der Waals surface area (Å²) >= 11 is 0. The third kappa shape index (κ3) is 3.91. The molecule has 4 nitrogen and oxygen atoms in total. The molecule has 0 aliphatic carbocycles. The fourth-order valence-corrected chi connectivity index (χ4v) is 3.57. The van der Waals surface area contributed by atoms with E-state index in [1.54, 1.807) is 0 Å². The highest BCUT2D eigenvalue weighted by Gasteiger charge is 2.37. The van der Waals surface area contributed by atoms with Crippen molar-refractivity contribution in [3.63, 3.8) is 0 Å². The number of hydrogen-bond donors (Lipinski definition) is 1. The molecule has 2 aliphatic rings. The van der Waals surface area contributed by atoms with Crippen molar-refractivity contribution in [3.8, 4) is 0 Å². The van der Waals surface area contributed by atoms with Gasteiger partial charge in [0.05, 0.1) is 12.7 Å². The number of rotatable bonds is 6. The van der Waals surface area contributed by atoms with E-state index in [-0.39, 0.29) is 5.41 Å². The third-order valence-electron chi connectivity index (χ3n) is 4.64. The lowest BCUT2D eigenvalue weighted by atomic mass is 9.81. The molecule has 2 heterocycles. The van der Waals surface area contributed by atoms with E-state index in [0.717, 1.165) is 45.9 Å². The number of ether oxygens (including phenoxy) is 2. The first kappa shape index (κ1) is 15.2. The predicted molar refractivity (Wildman–Crippen MR) is 77.5 cm³/mol. The van der Waals surface area contributed by atoms with Gasteiger partial charge in [-0.25, -0.2) is 0 Å². The monoisotopic (exact) mass is 270 g/mol. The summed E-state index contributed by atoms with van der Waals surface area (Å²) < 4.78 is 11.5. The molecule has 4 heteroatoms. The molecular formula is C15H30N2O2. The van der Waals surface area contributed by atoms with Crippen LogP contribution in [-0.4, -0.2) is 63.5 Å². The zero-order chi connectivity index (χ0) is 13.7. The van der Waals surface area contributed by atoms with E-state index in [1.807, 2.05) is 0 Å². The van der Waals surface area contributed by atoms with Gasteiger partial charge in [-0.3, -0.25) is 0 Å². The van der Waals surface area contributed by atoms with Gasteiger partial charge in [0.15, 0.2) is 0 Å². The van der Waals surface area contributed by atoms with Crippen LogP contribution in [0.3, 0.4) is 0 Å². The maximum atomic E-state index is 5.77. The van der Waals surface area contributed by atoms with Crippen LogP contribution in [0.2, 0.25) is 0 Å². The van der Waals surface area contributed by atoms with Crippen LogP contribution in [0.5, 0.6) is 0 Å². The van der Waals surface area contributed by atoms with Crippen LogP contribution < -0.4 is 5.32 Å². The first-order valence-electron chi connectivity index (χ1n) is 7.77. The maximum absolute atomic E-state index is 5.77. The average Bonchev–Trinajstić information content (AvgIpc) is 2.84. The van der Waals surface area contributed by atoms with E-state index in [4.69, 9.17) is 9.47 Å². The Hall–Kier alpha value is -0.160. The Balaban J connectivity index is 1.94. The summed E-state index contributed by atoms with van der Waals surface area (Å²) in [7, 11) is 2.25. The molecule has 2 aliphatic heterocycles. The molecule has 0 amide bonds. The first-order chi connectivity index (χ1) is 9.17. The lowest BCUT2D eigenvalue weighted by Gasteiger charge is -2.42. The second kappa shape index (κ2) is 7.02. The lowest BCUT2D eigenvalue weighted by Crippen LogP contribution is -2.51. The molecule has 3 unspecified atom stereocenters. The largest absolute Gasteiger partial charge is 0.381 e. The van der Waals surface area contributed by atoms with Gasteiger partial charge in [0, 0.05) is 37.8 Å². The lowest BCUT2D eigenvalue weighted by molar-refractivity contribution is -0.0326. The molecule has 0 spiro atoms. The van der Waals surface area contributed by atoms with Crippen molar-refractivity contribution >= 4 is 0 Å². The Morgan fingerprint density at radius 2 is 2.21 bits per heavy atom. The van der Waals surface area contributed by atoms with Gasteiger partial charge >= 0.3 is 0 Å². The molecule has 0 aromatic heterocycles. The highest BCUT2D eigenvalue weighted by molar-refractivity contribution is 4.90. The quantitative estimate of drug-likeness (QED) is 0.793. The summed E-state index contributed by atoms with van der Waals surface area (Å²) in [6.45, 7) is 10.3. The molecule has 112 valence electrons. The summed E-state index contributed by atoms with van der Waals surface area (Å²) in [5.41, 5.74) is 0.283. The summed E-state index contributed by atoms with van der Waals surface area (Å²) in [5, 5.41) is 3.53. The number of nitrogens with one attached hydrogen (secondary N) is 1. The van der Waals surface area contributed by atoms with Crippen molar-refractivity contribution in [2.45, 2.75) is 45.3 Å². The smallest absolute Gasteiger partial charge is 0.0702 e. The molecule has 2 rings (SSSR count). The number of hydrogen-bond acceptors (Lipinski definition) is 4. The SMILES string of the molecule is CCNCC1(CN(C)C2CCOC2C)CCCOC1. The van der Waals surface area contributed by atoms with Gasteiger partial charge in [0.25, 0.3) is 0 Å². The molecule has 1 N–H and O–H groups in total. The second-order valence-electron chi connectivity index (χ2n) is 6.28. The number of nitrogens with zero attached hydrogens (tertiary/aromatic N) is 1. The molecule has 0 aromatic carbocycles. The Morgan fingerprint density at radius 3 is 2.79 bits per heavy atom. The van der Waals surface area contributed by atoms with Gasteiger partial charge in [-0.2, -0.15) is 0 Å². The van der Waals surface area contributed by atoms with Gasteiger partial charge in [0.2, 0.25) is 0 Å². The third-order valence-corrected chi connectivity index (χ3v) is 4.64. The van der Waals surface area contributed by atoms with Crippen LogP contribution in [0.1, 0.15) is 33.1 Å². The molecule has 3 atom stereocenters. The van der Waals surface area contributed by atoms with Crippen LogP contribution in [0.25, 0.3) is 0 Å². The van der Waals surface area contributed by atoms with Crippen molar-refractivity contribution < 1.29 is 9.47 Å². The fraction of sp³-hybridized carbons (Fsp3) is 1.00. The highest BCUT2D eigenvalue weighted by atomic mass is 16.5. The summed E-state index contributed by atoms with van der Waals surface area (Å²) in [4.78, 5) is 2.50. The normalized spacial score (nSPS) is 36.0. The van der Waals surface area contributed by atoms with Crippen LogP contribution in [0.15, 0.2) is 0 Å². The Bertz CT molecular complexity index is 267.